The Balaban J connectivity index is 2.26. The maximum absolute atomic E-state index is 11.9. The van der Waals surface area contributed by atoms with Crippen molar-refractivity contribution in [3.8, 4) is 0 Å². The molecule has 0 aromatic carbocycles. The van der Waals surface area contributed by atoms with Crippen LogP contribution in [0.25, 0.3) is 0 Å². The predicted octanol–water partition coefficient (Wildman–Crippen LogP) is 3.38. The third-order valence-electron chi connectivity index (χ3n) is 6.13. The number of rotatable bonds is 17. The quantitative estimate of drug-likeness (QED) is 0.246. The number of hydrogen-bond donors (Lipinski definition) is 1. The fraction of sp³-hybridized carbons (Fsp3) is 0.880. The second-order valence-electron chi connectivity index (χ2n) is 9.08. The molecule has 0 aliphatic carbocycles. The average Bonchev–Trinajstić information content (AvgIpc) is 2.78. The molecule has 1 heterocycles. The molecule has 1 fully saturated rings. The van der Waals surface area contributed by atoms with E-state index in [0.29, 0.717) is 13.0 Å². The molecule has 0 aromatic rings. The Morgan fingerprint density at radius 3 is 2.21 bits per heavy atom. The summed E-state index contributed by atoms with van der Waals surface area (Å²) in [6.07, 6.45) is 5.76. The molecule has 198 valence electrons. The Morgan fingerprint density at radius 2 is 1.53 bits per heavy atom. The molecule has 0 saturated carbocycles. The van der Waals surface area contributed by atoms with Crippen molar-refractivity contribution in [1.82, 2.24) is 5.32 Å². The normalized spacial score (nSPS) is 24.4. The number of hydrogen-bond acceptors (Lipinski definition) is 8. The maximum atomic E-state index is 11.9. The van der Waals surface area contributed by atoms with E-state index in [9.17, 15) is 14.4 Å². The van der Waals surface area contributed by atoms with Crippen LogP contribution < -0.4 is 5.32 Å². The van der Waals surface area contributed by atoms with Gasteiger partial charge in [0.15, 0.2) is 6.29 Å². The minimum absolute atomic E-state index is 0.00166. The van der Waals surface area contributed by atoms with E-state index >= 15 is 0 Å². The van der Waals surface area contributed by atoms with Gasteiger partial charge in [0.25, 0.3) is 0 Å². The van der Waals surface area contributed by atoms with Crippen molar-refractivity contribution in [3.63, 3.8) is 0 Å². The van der Waals surface area contributed by atoms with Crippen LogP contribution in [-0.2, 0) is 38.1 Å². The summed E-state index contributed by atoms with van der Waals surface area (Å²) in [5.41, 5.74) is 0. The molecule has 1 saturated heterocycles. The van der Waals surface area contributed by atoms with Gasteiger partial charge in [-0.1, -0.05) is 33.1 Å². The molecular weight excluding hydrogens is 442 g/mol. The van der Waals surface area contributed by atoms with Crippen molar-refractivity contribution in [2.75, 3.05) is 33.5 Å². The zero-order chi connectivity index (χ0) is 25.3. The molecule has 5 atom stereocenters. The molecule has 0 aromatic heterocycles. The van der Waals surface area contributed by atoms with Crippen LogP contribution >= 0.6 is 0 Å². The summed E-state index contributed by atoms with van der Waals surface area (Å²) in [5, 5.41) is 2.98. The molecule has 0 bridgehead atoms. The van der Waals surface area contributed by atoms with Crippen LogP contribution in [0.15, 0.2) is 0 Å². The molecule has 1 N–H and O–H groups in total. The lowest BCUT2D eigenvalue weighted by Crippen LogP contribution is -2.53. The number of nitrogens with one attached hydrogen (secondary N) is 1. The van der Waals surface area contributed by atoms with Crippen LogP contribution in [0.4, 0.5) is 0 Å². The van der Waals surface area contributed by atoms with Crippen LogP contribution in [0, 0.1) is 11.8 Å². The monoisotopic (exact) mass is 487 g/mol. The van der Waals surface area contributed by atoms with Gasteiger partial charge in [0.2, 0.25) is 5.91 Å². The number of carbonyl (C=O) groups is 3. The third kappa shape index (κ3) is 12.7. The van der Waals surface area contributed by atoms with Gasteiger partial charge in [-0.15, -0.1) is 0 Å². The smallest absolute Gasteiger partial charge is 0.303 e. The van der Waals surface area contributed by atoms with Crippen molar-refractivity contribution in [2.45, 2.75) is 97.6 Å². The highest BCUT2D eigenvalue weighted by molar-refractivity contribution is 5.75. The molecule has 34 heavy (non-hydrogen) atoms. The van der Waals surface area contributed by atoms with Crippen LogP contribution in [0.3, 0.4) is 0 Å². The second-order valence-corrected chi connectivity index (χ2v) is 9.08. The molecule has 9 heteroatoms. The number of carbonyl (C=O) groups excluding carboxylic acids is 3. The minimum atomic E-state index is -0.576. The first kappa shape index (κ1) is 30.3. The summed E-state index contributed by atoms with van der Waals surface area (Å²) >= 11 is 0. The van der Waals surface area contributed by atoms with Crippen LogP contribution in [0.1, 0.15) is 79.1 Å². The summed E-state index contributed by atoms with van der Waals surface area (Å²) in [6.45, 7) is 8.70. The lowest BCUT2D eigenvalue weighted by Gasteiger charge is -2.43. The van der Waals surface area contributed by atoms with E-state index in [4.69, 9.17) is 23.7 Å². The summed E-state index contributed by atoms with van der Waals surface area (Å²) < 4.78 is 27.6. The molecule has 0 spiro atoms. The van der Waals surface area contributed by atoms with E-state index in [2.05, 4.69) is 5.32 Å². The largest absolute Gasteiger partial charge is 0.463 e. The highest BCUT2D eigenvalue weighted by atomic mass is 16.7. The Kier molecular flexibility index (Phi) is 15.8. The van der Waals surface area contributed by atoms with Gasteiger partial charge in [0, 0.05) is 59.0 Å². The number of ether oxygens (including phenoxy) is 5. The first-order chi connectivity index (χ1) is 16.3. The predicted molar refractivity (Wildman–Crippen MR) is 127 cm³/mol. The van der Waals surface area contributed by atoms with Crippen molar-refractivity contribution in [1.29, 1.82) is 0 Å². The Bertz CT molecular complexity index is 599. The first-order valence-electron chi connectivity index (χ1n) is 12.6. The molecular formula is C25H45NO8. The number of amides is 1. The van der Waals surface area contributed by atoms with Gasteiger partial charge in [-0.2, -0.15) is 0 Å². The fourth-order valence-corrected chi connectivity index (χ4v) is 3.96. The number of methoxy groups -OCH3 is 1. The van der Waals surface area contributed by atoms with E-state index in [-0.39, 0.29) is 24.3 Å². The van der Waals surface area contributed by atoms with Crippen LogP contribution in [-0.4, -0.2) is 69.8 Å². The van der Waals surface area contributed by atoms with Crippen molar-refractivity contribution < 1.29 is 38.1 Å². The summed E-state index contributed by atoms with van der Waals surface area (Å²) in [7, 11) is 1.71. The van der Waals surface area contributed by atoms with Gasteiger partial charge in [-0.25, -0.2) is 0 Å². The fourth-order valence-electron chi connectivity index (χ4n) is 3.96. The molecule has 1 aliphatic rings. The van der Waals surface area contributed by atoms with E-state index in [1.165, 1.54) is 13.8 Å². The molecule has 0 radical (unpaired) electrons. The van der Waals surface area contributed by atoms with Crippen LogP contribution in [0.2, 0.25) is 0 Å². The molecule has 9 nitrogen and oxygen atoms in total. The Labute approximate surface area is 204 Å². The second kappa shape index (κ2) is 17.7. The summed E-state index contributed by atoms with van der Waals surface area (Å²) in [5.74, 6) is -0.739. The zero-order valence-corrected chi connectivity index (χ0v) is 21.6. The first-order valence-corrected chi connectivity index (χ1v) is 12.6. The zero-order valence-electron chi connectivity index (χ0n) is 21.6. The van der Waals surface area contributed by atoms with Crippen molar-refractivity contribution >= 4 is 17.8 Å². The van der Waals surface area contributed by atoms with Gasteiger partial charge in [-0.05, 0) is 25.7 Å². The van der Waals surface area contributed by atoms with Gasteiger partial charge >= 0.3 is 11.9 Å². The maximum Gasteiger partial charge on any atom is 0.303 e. The minimum Gasteiger partial charge on any atom is -0.463 e. The molecule has 5 unspecified atom stereocenters. The number of unbranched alkanes of at least 4 members (excludes halogenated alkanes) is 5. The van der Waals surface area contributed by atoms with Gasteiger partial charge < -0.3 is 29.0 Å². The summed E-state index contributed by atoms with van der Waals surface area (Å²) in [6, 6.07) is 0. The van der Waals surface area contributed by atoms with E-state index < -0.39 is 30.4 Å². The standard InChI is InChI=1S/C25H45NO8/c1-18-19(2)25(34-22(17-32-20(3)27)24(18)33-21(4)28)31-16-12-8-9-13-23(29)26-14-10-6-7-11-15-30-5/h18-19,22,24-25H,6-17H2,1-5H3,(H,26,29). The Morgan fingerprint density at radius 1 is 0.853 bits per heavy atom. The van der Waals surface area contributed by atoms with Gasteiger partial charge in [-0.3, -0.25) is 14.4 Å². The highest BCUT2D eigenvalue weighted by Crippen LogP contribution is 2.33. The average molecular weight is 488 g/mol. The lowest BCUT2D eigenvalue weighted by atomic mass is 9.84. The molecule has 1 rings (SSSR count). The topological polar surface area (TPSA) is 109 Å². The van der Waals surface area contributed by atoms with Gasteiger partial charge in [0.1, 0.15) is 18.8 Å². The molecule has 1 amide bonds. The van der Waals surface area contributed by atoms with Crippen LogP contribution in [0.5, 0.6) is 0 Å². The Hall–Kier alpha value is -1.71. The van der Waals surface area contributed by atoms with Crippen molar-refractivity contribution in [2.24, 2.45) is 11.8 Å². The number of esters is 2. The summed E-state index contributed by atoms with van der Waals surface area (Å²) in [4.78, 5) is 34.7. The SMILES string of the molecule is COCCCCCCNC(=O)CCCCCOC1OC(COC(C)=O)C(OC(C)=O)C(C)C1C. The van der Waals surface area contributed by atoms with E-state index in [1.807, 2.05) is 13.8 Å². The highest BCUT2D eigenvalue weighted by Gasteiger charge is 2.44. The van der Waals surface area contributed by atoms with Crippen molar-refractivity contribution in [3.05, 3.63) is 0 Å². The molecule has 1 aliphatic heterocycles. The lowest BCUT2D eigenvalue weighted by molar-refractivity contribution is -0.273. The van der Waals surface area contributed by atoms with E-state index in [1.54, 1.807) is 7.11 Å². The van der Waals surface area contributed by atoms with E-state index in [0.717, 1.165) is 58.1 Å². The van der Waals surface area contributed by atoms with Gasteiger partial charge in [0.05, 0.1) is 0 Å². The third-order valence-corrected chi connectivity index (χ3v) is 6.13.